The van der Waals surface area contributed by atoms with Gasteiger partial charge in [-0.05, 0) is 73.6 Å². The lowest BCUT2D eigenvalue weighted by Gasteiger charge is -2.35. The van der Waals surface area contributed by atoms with Gasteiger partial charge in [0.05, 0.1) is 11.7 Å². The molecule has 1 aliphatic carbocycles. The Labute approximate surface area is 204 Å². The predicted octanol–water partition coefficient (Wildman–Crippen LogP) is 7.47. The fraction of sp³-hybridized carbons (Fsp3) is 0.448. The summed E-state index contributed by atoms with van der Waals surface area (Å²) < 4.78 is 14.1. The minimum absolute atomic E-state index is 0.0774. The standard InChI is InChI=1S/C29H39FN4/c1-7-10-22(15-18-34(6)27(8-2)23-13-12-21(3)25(30)19-23)26-14-17-31-28(33-26)32-24-11-9-16-29(4,5)20-24/h7,10,12-15,17-19,24,27H,1,8-9,11,16,20H2,2-6H3,(H,31,32,33)/b18-15-,22-10+. The zero-order valence-corrected chi connectivity index (χ0v) is 21.3. The predicted molar refractivity (Wildman–Crippen MR) is 141 cm³/mol. The van der Waals surface area contributed by atoms with Crippen LogP contribution in [0.5, 0.6) is 0 Å². The molecule has 0 radical (unpaired) electrons. The molecule has 0 saturated heterocycles. The summed E-state index contributed by atoms with van der Waals surface area (Å²) >= 11 is 0. The SMILES string of the molecule is C=C/C=C(\C=C/N(C)C(CC)c1ccc(C)c(F)c1)c1ccnc(NC2CCCC(C)(C)C2)n1. The molecule has 1 fully saturated rings. The van der Waals surface area contributed by atoms with Crippen LogP contribution < -0.4 is 5.32 Å². The van der Waals surface area contributed by atoms with Crippen LogP contribution in [0.3, 0.4) is 0 Å². The molecule has 34 heavy (non-hydrogen) atoms. The van der Waals surface area contributed by atoms with E-state index in [0.29, 0.717) is 23.0 Å². The van der Waals surface area contributed by atoms with E-state index in [1.165, 1.54) is 12.8 Å². The molecule has 1 heterocycles. The number of allylic oxidation sites excluding steroid dienone is 4. The topological polar surface area (TPSA) is 41.1 Å². The number of anilines is 1. The van der Waals surface area contributed by atoms with E-state index in [0.717, 1.165) is 36.1 Å². The average molecular weight is 463 g/mol. The number of halogens is 1. The van der Waals surface area contributed by atoms with Crippen molar-refractivity contribution in [2.75, 3.05) is 12.4 Å². The lowest BCUT2D eigenvalue weighted by Crippen LogP contribution is -2.32. The molecule has 0 spiro atoms. The van der Waals surface area contributed by atoms with Crippen LogP contribution in [0.4, 0.5) is 10.3 Å². The number of aromatic nitrogens is 2. The molecule has 2 aromatic rings. The van der Waals surface area contributed by atoms with Gasteiger partial charge in [0, 0.05) is 24.9 Å². The second-order valence-electron chi connectivity index (χ2n) is 10.1. The maximum Gasteiger partial charge on any atom is 0.223 e. The Balaban J connectivity index is 1.76. The zero-order chi connectivity index (χ0) is 24.7. The van der Waals surface area contributed by atoms with E-state index in [1.54, 1.807) is 25.3 Å². The third-order valence-electron chi connectivity index (χ3n) is 6.74. The molecule has 4 nitrogen and oxygen atoms in total. The fourth-order valence-electron chi connectivity index (χ4n) is 4.82. The smallest absolute Gasteiger partial charge is 0.223 e. The molecule has 182 valence electrons. The molecule has 1 N–H and O–H groups in total. The van der Waals surface area contributed by atoms with Gasteiger partial charge in [-0.25, -0.2) is 14.4 Å². The van der Waals surface area contributed by atoms with Gasteiger partial charge in [0.25, 0.3) is 0 Å². The highest BCUT2D eigenvalue weighted by Gasteiger charge is 2.28. The highest BCUT2D eigenvalue weighted by Crippen LogP contribution is 2.36. The first-order chi connectivity index (χ1) is 16.2. The van der Waals surface area contributed by atoms with Gasteiger partial charge in [0.2, 0.25) is 5.95 Å². The minimum atomic E-state index is -0.164. The first-order valence-electron chi connectivity index (χ1n) is 12.3. The molecule has 0 amide bonds. The van der Waals surface area contributed by atoms with Crippen molar-refractivity contribution < 1.29 is 4.39 Å². The van der Waals surface area contributed by atoms with Gasteiger partial charge in [0.15, 0.2) is 0 Å². The molecular weight excluding hydrogens is 423 g/mol. The molecule has 0 bridgehead atoms. The maximum atomic E-state index is 14.1. The van der Waals surface area contributed by atoms with Gasteiger partial charge in [-0.15, -0.1) is 0 Å². The Morgan fingerprint density at radius 2 is 2.15 bits per heavy atom. The van der Waals surface area contributed by atoms with Gasteiger partial charge in [-0.1, -0.05) is 58.1 Å². The van der Waals surface area contributed by atoms with Crippen molar-refractivity contribution in [3.63, 3.8) is 0 Å². The molecule has 1 saturated carbocycles. The number of rotatable bonds is 9. The van der Waals surface area contributed by atoms with Crippen LogP contribution in [0.15, 0.2) is 61.5 Å². The third kappa shape index (κ3) is 6.78. The van der Waals surface area contributed by atoms with Crippen molar-refractivity contribution in [2.24, 2.45) is 5.41 Å². The monoisotopic (exact) mass is 462 g/mol. The maximum absolute atomic E-state index is 14.1. The van der Waals surface area contributed by atoms with Gasteiger partial charge >= 0.3 is 0 Å². The van der Waals surface area contributed by atoms with Gasteiger partial charge < -0.3 is 10.2 Å². The summed E-state index contributed by atoms with van der Waals surface area (Å²) in [6.45, 7) is 12.4. The summed E-state index contributed by atoms with van der Waals surface area (Å²) in [4.78, 5) is 11.4. The first kappa shape index (κ1) is 25.7. The second-order valence-corrected chi connectivity index (χ2v) is 10.1. The van der Waals surface area contributed by atoms with Crippen LogP contribution in [0.25, 0.3) is 5.57 Å². The summed E-state index contributed by atoms with van der Waals surface area (Å²) in [5.74, 6) is 0.501. The Kier molecular flexibility index (Phi) is 8.65. The molecular formula is C29H39FN4. The summed E-state index contributed by atoms with van der Waals surface area (Å²) in [6.07, 6.45) is 15.2. The van der Waals surface area contributed by atoms with E-state index >= 15 is 0 Å². The number of hydrogen-bond acceptors (Lipinski definition) is 4. The first-order valence-corrected chi connectivity index (χ1v) is 12.3. The molecule has 5 heteroatoms. The Bertz CT molecular complexity index is 1040. The molecule has 0 aliphatic heterocycles. The van der Waals surface area contributed by atoms with E-state index in [9.17, 15) is 4.39 Å². The van der Waals surface area contributed by atoms with E-state index in [-0.39, 0.29) is 11.9 Å². The van der Waals surface area contributed by atoms with Crippen LogP contribution >= 0.6 is 0 Å². The average Bonchev–Trinajstić information content (AvgIpc) is 2.79. The highest BCUT2D eigenvalue weighted by atomic mass is 19.1. The Morgan fingerprint density at radius 3 is 2.82 bits per heavy atom. The lowest BCUT2D eigenvalue weighted by atomic mass is 9.75. The normalized spacial score (nSPS) is 19.1. The summed E-state index contributed by atoms with van der Waals surface area (Å²) in [5, 5.41) is 3.55. The number of benzene rings is 1. The second kappa shape index (κ2) is 11.5. The Hall–Kier alpha value is -2.95. The molecule has 2 unspecified atom stereocenters. The molecule has 1 aromatic carbocycles. The summed E-state index contributed by atoms with van der Waals surface area (Å²) in [7, 11) is 2.02. The Morgan fingerprint density at radius 1 is 1.35 bits per heavy atom. The van der Waals surface area contributed by atoms with Crippen LogP contribution in [0.1, 0.15) is 75.7 Å². The molecule has 3 rings (SSSR count). The van der Waals surface area contributed by atoms with Crippen LogP contribution in [-0.4, -0.2) is 28.0 Å². The van der Waals surface area contributed by atoms with Crippen molar-refractivity contribution in [1.29, 1.82) is 0 Å². The highest BCUT2D eigenvalue weighted by molar-refractivity contribution is 5.73. The van der Waals surface area contributed by atoms with Crippen molar-refractivity contribution in [1.82, 2.24) is 14.9 Å². The molecule has 2 atom stereocenters. The fourth-order valence-corrected chi connectivity index (χ4v) is 4.82. The van der Waals surface area contributed by atoms with Crippen LogP contribution in [0.2, 0.25) is 0 Å². The number of hydrogen-bond donors (Lipinski definition) is 1. The van der Waals surface area contributed by atoms with E-state index < -0.39 is 0 Å². The zero-order valence-electron chi connectivity index (χ0n) is 21.3. The van der Waals surface area contributed by atoms with Crippen molar-refractivity contribution in [3.05, 3.63) is 84.1 Å². The van der Waals surface area contributed by atoms with Gasteiger partial charge in [-0.2, -0.15) is 0 Å². The van der Waals surface area contributed by atoms with Crippen molar-refractivity contribution >= 4 is 11.5 Å². The van der Waals surface area contributed by atoms with Crippen LogP contribution in [-0.2, 0) is 0 Å². The molecule has 1 aromatic heterocycles. The lowest BCUT2D eigenvalue weighted by molar-refractivity contribution is 0.229. The van der Waals surface area contributed by atoms with E-state index in [4.69, 9.17) is 4.98 Å². The van der Waals surface area contributed by atoms with Crippen molar-refractivity contribution in [3.8, 4) is 0 Å². The van der Waals surface area contributed by atoms with Gasteiger partial charge in [0.1, 0.15) is 5.82 Å². The quantitative estimate of drug-likeness (QED) is 0.392. The summed E-state index contributed by atoms with van der Waals surface area (Å²) in [5.41, 5.74) is 3.77. The van der Waals surface area contributed by atoms with Crippen molar-refractivity contribution in [2.45, 2.75) is 71.9 Å². The number of nitrogens with one attached hydrogen (secondary N) is 1. The van der Waals surface area contributed by atoms with Gasteiger partial charge in [-0.3, -0.25) is 0 Å². The largest absolute Gasteiger partial charge is 0.373 e. The van der Waals surface area contributed by atoms with E-state index in [2.05, 4.69) is 42.6 Å². The number of nitrogens with zero attached hydrogens (tertiary/aromatic N) is 3. The minimum Gasteiger partial charge on any atom is -0.373 e. The van der Waals surface area contributed by atoms with E-state index in [1.807, 2.05) is 43.6 Å². The van der Waals surface area contributed by atoms with Crippen LogP contribution in [0, 0.1) is 18.2 Å². The molecule has 1 aliphatic rings. The third-order valence-corrected chi connectivity index (χ3v) is 6.74. The summed E-state index contributed by atoms with van der Waals surface area (Å²) in [6, 6.07) is 7.88. The number of aryl methyl sites for hydroxylation is 1.